The molecule has 3 rings (SSSR count). The highest BCUT2D eigenvalue weighted by Crippen LogP contribution is 2.21. The number of aromatic nitrogens is 1. The van der Waals surface area contributed by atoms with Gasteiger partial charge in [-0.25, -0.2) is 4.98 Å². The first kappa shape index (κ1) is 20.0. The highest BCUT2D eigenvalue weighted by molar-refractivity contribution is 5.91. The molecular weight excluding hydrogens is 335 g/mol. The molecular formula is C16H26Cl2N4O. The number of carbonyl (C=O) groups excluding carboxylic acids is 1. The zero-order valence-electron chi connectivity index (χ0n) is 13.5. The molecule has 2 aliphatic heterocycles. The first-order valence-corrected chi connectivity index (χ1v) is 7.96. The second kappa shape index (κ2) is 9.30. The van der Waals surface area contributed by atoms with E-state index in [-0.39, 0.29) is 36.6 Å². The average Bonchev–Trinajstić information content (AvgIpc) is 2.47. The Bertz CT molecular complexity index is 487. The second-order valence-electron chi connectivity index (χ2n) is 6.15. The minimum atomic E-state index is 0. The lowest BCUT2D eigenvalue weighted by Gasteiger charge is -2.31. The van der Waals surface area contributed by atoms with Crippen LogP contribution in [-0.4, -0.2) is 37.1 Å². The minimum Gasteiger partial charge on any atom is -0.370 e. The third-order valence-corrected chi connectivity index (χ3v) is 4.65. The number of anilines is 2. The number of nitrogens with zero attached hydrogens (tertiary/aromatic N) is 2. The maximum Gasteiger partial charge on any atom is 0.228 e. The number of hydrogen-bond acceptors (Lipinski definition) is 4. The number of nitrogens with one attached hydrogen (secondary N) is 2. The maximum atomic E-state index is 12.1. The molecule has 0 radical (unpaired) electrons. The van der Waals surface area contributed by atoms with Gasteiger partial charge in [0.2, 0.25) is 5.91 Å². The molecule has 1 atom stereocenters. The van der Waals surface area contributed by atoms with Gasteiger partial charge in [-0.2, -0.15) is 0 Å². The standard InChI is InChI=1S/C16H24N4O.2ClH/c1-12(13-9-17-10-13)16(21)19-15-6-5-14(11-18-15)20-7-3-2-4-8-20;;/h5-6,11-13,17H,2-4,7-10H2,1H3,(H,18,19,21);2*1H. The summed E-state index contributed by atoms with van der Waals surface area (Å²) in [6.07, 6.45) is 5.71. The molecule has 1 unspecified atom stereocenters. The summed E-state index contributed by atoms with van der Waals surface area (Å²) in [7, 11) is 0. The van der Waals surface area contributed by atoms with Crippen molar-refractivity contribution < 1.29 is 4.79 Å². The summed E-state index contributed by atoms with van der Waals surface area (Å²) >= 11 is 0. The molecule has 5 nitrogen and oxygen atoms in total. The van der Waals surface area contributed by atoms with Gasteiger partial charge in [-0.1, -0.05) is 6.92 Å². The van der Waals surface area contributed by atoms with Gasteiger partial charge in [0.15, 0.2) is 0 Å². The Balaban J connectivity index is 0.00000132. The van der Waals surface area contributed by atoms with Crippen LogP contribution in [0.3, 0.4) is 0 Å². The molecule has 0 aromatic carbocycles. The fourth-order valence-electron chi connectivity index (χ4n) is 2.92. The van der Waals surface area contributed by atoms with Crippen LogP contribution in [0.5, 0.6) is 0 Å². The van der Waals surface area contributed by atoms with E-state index in [1.54, 1.807) is 0 Å². The molecule has 3 heterocycles. The summed E-state index contributed by atoms with van der Waals surface area (Å²) in [5.41, 5.74) is 1.16. The molecule has 2 fully saturated rings. The van der Waals surface area contributed by atoms with Crippen molar-refractivity contribution in [3.8, 4) is 0 Å². The number of carbonyl (C=O) groups is 1. The van der Waals surface area contributed by atoms with Gasteiger partial charge in [-0.15, -0.1) is 24.8 Å². The van der Waals surface area contributed by atoms with Crippen LogP contribution >= 0.6 is 24.8 Å². The average molecular weight is 361 g/mol. The van der Waals surface area contributed by atoms with Crippen LogP contribution in [0.4, 0.5) is 11.5 Å². The van der Waals surface area contributed by atoms with Gasteiger partial charge in [0, 0.05) is 19.0 Å². The van der Waals surface area contributed by atoms with Crippen molar-refractivity contribution in [1.29, 1.82) is 0 Å². The Morgan fingerprint density at radius 3 is 2.48 bits per heavy atom. The highest BCUT2D eigenvalue weighted by Gasteiger charge is 2.28. The summed E-state index contributed by atoms with van der Waals surface area (Å²) in [6, 6.07) is 3.97. The minimum absolute atomic E-state index is 0. The highest BCUT2D eigenvalue weighted by atomic mass is 35.5. The van der Waals surface area contributed by atoms with E-state index in [9.17, 15) is 4.79 Å². The molecule has 0 aliphatic carbocycles. The normalized spacial score (nSPS) is 18.9. The maximum absolute atomic E-state index is 12.1. The third kappa shape index (κ3) is 4.96. The van der Waals surface area contributed by atoms with E-state index in [2.05, 4.69) is 26.6 Å². The lowest BCUT2D eigenvalue weighted by Crippen LogP contribution is -2.48. The van der Waals surface area contributed by atoms with Gasteiger partial charge >= 0.3 is 0 Å². The lowest BCUT2D eigenvalue weighted by atomic mass is 9.88. The molecule has 0 bridgehead atoms. The molecule has 1 aromatic heterocycles. The predicted octanol–water partition coefficient (Wildman–Crippen LogP) is 2.71. The molecule has 2 aliphatic rings. The van der Waals surface area contributed by atoms with Gasteiger partial charge in [0.25, 0.3) is 0 Å². The van der Waals surface area contributed by atoms with Crippen molar-refractivity contribution in [2.75, 3.05) is 36.4 Å². The SMILES string of the molecule is CC(C(=O)Nc1ccc(N2CCCCC2)cn1)C1CNC1.Cl.Cl. The summed E-state index contributed by atoms with van der Waals surface area (Å²) in [4.78, 5) is 18.9. The van der Waals surface area contributed by atoms with Crippen LogP contribution in [-0.2, 0) is 4.79 Å². The van der Waals surface area contributed by atoms with E-state index in [4.69, 9.17) is 0 Å². The summed E-state index contributed by atoms with van der Waals surface area (Å²) < 4.78 is 0. The summed E-state index contributed by atoms with van der Waals surface area (Å²) in [6.45, 7) is 6.09. The number of piperidine rings is 1. The van der Waals surface area contributed by atoms with Crippen LogP contribution in [0.15, 0.2) is 18.3 Å². The van der Waals surface area contributed by atoms with E-state index in [1.807, 2.05) is 19.2 Å². The zero-order chi connectivity index (χ0) is 14.7. The van der Waals surface area contributed by atoms with Crippen molar-refractivity contribution in [2.24, 2.45) is 11.8 Å². The summed E-state index contributed by atoms with van der Waals surface area (Å²) in [5.74, 6) is 1.21. The largest absolute Gasteiger partial charge is 0.370 e. The van der Waals surface area contributed by atoms with Gasteiger partial charge in [-0.3, -0.25) is 4.79 Å². The van der Waals surface area contributed by atoms with Crippen molar-refractivity contribution in [3.63, 3.8) is 0 Å². The lowest BCUT2D eigenvalue weighted by molar-refractivity contribution is -0.121. The van der Waals surface area contributed by atoms with Crippen molar-refractivity contribution in [1.82, 2.24) is 10.3 Å². The first-order chi connectivity index (χ1) is 10.2. The topological polar surface area (TPSA) is 57.3 Å². The number of hydrogen-bond donors (Lipinski definition) is 2. The fourth-order valence-corrected chi connectivity index (χ4v) is 2.92. The van der Waals surface area contributed by atoms with Crippen LogP contribution in [0, 0.1) is 11.8 Å². The fraction of sp³-hybridized carbons (Fsp3) is 0.625. The molecule has 1 amide bonds. The van der Waals surface area contributed by atoms with Crippen LogP contribution in [0.2, 0.25) is 0 Å². The molecule has 0 saturated carbocycles. The second-order valence-corrected chi connectivity index (χ2v) is 6.15. The smallest absolute Gasteiger partial charge is 0.228 e. The van der Waals surface area contributed by atoms with Crippen LogP contribution in [0.25, 0.3) is 0 Å². The van der Waals surface area contributed by atoms with Gasteiger partial charge in [-0.05, 0) is 50.4 Å². The Kier molecular flexibility index (Phi) is 8.09. The van der Waals surface area contributed by atoms with Gasteiger partial charge in [0.1, 0.15) is 5.82 Å². The van der Waals surface area contributed by atoms with E-state index in [0.29, 0.717) is 11.7 Å². The molecule has 2 N–H and O–H groups in total. The molecule has 2 saturated heterocycles. The predicted molar refractivity (Wildman–Crippen MR) is 99.0 cm³/mol. The Labute approximate surface area is 150 Å². The van der Waals surface area contributed by atoms with Gasteiger partial charge < -0.3 is 15.5 Å². The number of amides is 1. The Morgan fingerprint density at radius 2 is 1.96 bits per heavy atom. The number of pyridine rings is 1. The number of halogens is 2. The van der Waals surface area contributed by atoms with E-state index in [1.165, 1.54) is 19.3 Å². The van der Waals surface area contributed by atoms with Crippen LogP contribution < -0.4 is 15.5 Å². The zero-order valence-corrected chi connectivity index (χ0v) is 15.1. The quantitative estimate of drug-likeness (QED) is 0.866. The monoisotopic (exact) mass is 360 g/mol. The summed E-state index contributed by atoms with van der Waals surface area (Å²) in [5, 5.41) is 6.13. The third-order valence-electron chi connectivity index (χ3n) is 4.65. The van der Waals surface area contributed by atoms with E-state index in [0.717, 1.165) is 31.9 Å². The molecule has 7 heteroatoms. The Morgan fingerprint density at radius 1 is 1.26 bits per heavy atom. The van der Waals surface area contributed by atoms with E-state index >= 15 is 0 Å². The Hall–Kier alpha value is -1.04. The molecule has 1 aromatic rings. The van der Waals surface area contributed by atoms with Crippen molar-refractivity contribution >= 4 is 42.2 Å². The number of rotatable bonds is 4. The molecule has 130 valence electrons. The van der Waals surface area contributed by atoms with Gasteiger partial charge in [0.05, 0.1) is 11.9 Å². The van der Waals surface area contributed by atoms with Crippen LogP contribution in [0.1, 0.15) is 26.2 Å². The first-order valence-electron chi connectivity index (χ1n) is 7.96. The van der Waals surface area contributed by atoms with E-state index < -0.39 is 0 Å². The molecule has 0 spiro atoms. The van der Waals surface area contributed by atoms with Crippen molar-refractivity contribution in [3.05, 3.63) is 18.3 Å². The molecule has 23 heavy (non-hydrogen) atoms. The van der Waals surface area contributed by atoms with Crippen molar-refractivity contribution in [2.45, 2.75) is 26.2 Å².